The van der Waals surface area contributed by atoms with E-state index in [2.05, 4.69) is 5.10 Å². The maximum atomic E-state index is 12.8. The van der Waals surface area contributed by atoms with Crippen molar-refractivity contribution < 1.29 is 9.53 Å². The van der Waals surface area contributed by atoms with Crippen LogP contribution < -0.4 is 4.74 Å². The van der Waals surface area contributed by atoms with E-state index in [-0.39, 0.29) is 0 Å². The molecule has 2 aromatic carbocycles. The minimum atomic E-state index is -0.518. The maximum absolute atomic E-state index is 12.8. The van der Waals surface area contributed by atoms with Crippen LogP contribution in [0.25, 0.3) is 16.3 Å². The SMILES string of the molecule is N#Cc1cccc(OC(=O)c2cn(-c3ccccc3)nc2-c2cccs2)c1. The van der Waals surface area contributed by atoms with Gasteiger partial charge in [0.1, 0.15) is 17.0 Å². The fraction of sp³-hybridized carbons (Fsp3) is 0. The molecule has 0 radical (unpaired) electrons. The second kappa shape index (κ2) is 7.28. The summed E-state index contributed by atoms with van der Waals surface area (Å²) in [6.45, 7) is 0. The highest BCUT2D eigenvalue weighted by molar-refractivity contribution is 7.13. The van der Waals surface area contributed by atoms with Crippen molar-refractivity contribution in [2.75, 3.05) is 0 Å². The Hall–Kier alpha value is -3.69. The molecule has 0 aliphatic heterocycles. The third kappa shape index (κ3) is 3.50. The van der Waals surface area contributed by atoms with E-state index >= 15 is 0 Å². The Bertz CT molecular complexity index is 1130. The highest BCUT2D eigenvalue weighted by Crippen LogP contribution is 2.28. The first-order chi connectivity index (χ1) is 13.2. The third-order valence-electron chi connectivity index (χ3n) is 3.88. The lowest BCUT2D eigenvalue weighted by molar-refractivity contribution is 0.0735. The quantitative estimate of drug-likeness (QED) is 0.385. The average Bonchev–Trinajstić information content (AvgIpc) is 3.38. The van der Waals surface area contributed by atoms with Crippen molar-refractivity contribution in [3.8, 4) is 28.1 Å². The fourth-order valence-corrected chi connectivity index (χ4v) is 3.35. The molecule has 0 amide bonds. The topological polar surface area (TPSA) is 67.9 Å². The average molecular weight is 371 g/mol. The lowest BCUT2D eigenvalue weighted by Gasteiger charge is -2.04. The number of nitrogens with zero attached hydrogens (tertiary/aromatic N) is 3. The van der Waals surface area contributed by atoms with Crippen LogP contribution in [0.2, 0.25) is 0 Å². The van der Waals surface area contributed by atoms with Crippen molar-refractivity contribution in [1.82, 2.24) is 9.78 Å². The second-order valence-electron chi connectivity index (χ2n) is 5.68. The van der Waals surface area contributed by atoms with Gasteiger partial charge < -0.3 is 4.74 Å². The minimum Gasteiger partial charge on any atom is -0.423 e. The second-order valence-corrected chi connectivity index (χ2v) is 6.63. The van der Waals surface area contributed by atoms with Gasteiger partial charge in [0.15, 0.2) is 0 Å². The molecule has 130 valence electrons. The van der Waals surface area contributed by atoms with E-state index in [0.717, 1.165) is 10.6 Å². The number of carbonyl (C=O) groups is 1. The molecule has 4 aromatic rings. The van der Waals surface area contributed by atoms with Gasteiger partial charge in [-0.15, -0.1) is 11.3 Å². The molecule has 0 unspecified atom stereocenters. The molecule has 2 heterocycles. The van der Waals surface area contributed by atoms with Crippen LogP contribution in [0, 0.1) is 11.3 Å². The Labute approximate surface area is 159 Å². The van der Waals surface area contributed by atoms with Gasteiger partial charge in [-0.05, 0) is 41.8 Å². The number of carbonyl (C=O) groups excluding carboxylic acids is 1. The van der Waals surface area contributed by atoms with Crippen molar-refractivity contribution >= 4 is 17.3 Å². The zero-order chi connectivity index (χ0) is 18.6. The highest BCUT2D eigenvalue weighted by Gasteiger charge is 2.21. The zero-order valence-electron chi connectivity index (χ0n) is 14.1. The number of nitriles is 1. The van der Waals surface area contributed by atoms with Crippen molar-refractivity contribution in [3.05, 3.63) is 89.4 Å². The van der Waals surface area contributed by atoms with E-state index in [0.29, 0.717) is 22.6 Å². The van der Waals surface area contributed by atoms with Crippen LogP contribution in [0.4, 0.5) is 0 Å². The Morgan fingerprint density at radius 1 is 1.07 bits per heavy atom. The summed E-state index contributed by atoms with van der Waals surface area (Å²) < 4.78 is 7.16. The predicted octanol–water partition coefficient (Wildman–Crippen LogP) is 4.69. The summed E-state index contributed by atoms with van der Waals surface area (Å²) in [6, 6.07) is 21.9. The molecule has 0 fully saturated rings. The smallest absolute Gasteiger partial charge is 0.347 e. The van der Waals surface area contributed by atoms with E-state index in [4.69, 9.17) is 10.00 Å². The molecular formula is C21H13N3O2S. The molecule has 5 nitrogen and oxygen atoms in total. The van der Waals surface area contributed by atoms with Crippen molar-refractivity contribution in [3.63, 3.8) is 0 Å². The fourth-order valence-electron chi connectivity index (χ4n) is 2.62. The maximum Gasteiger partial charge on any atom is 0.347 e. The zero-order valence-corrected chi connectivity index (χ0v) is 14.9. The van der Waals surface area contributed by atoms with Gasteiger partial charge in [0, 0.05) is 6.20 Å². The number of para-hydroxylation sites is 1. The standard InChI is InChI=1S/C21H13N3O2S/c22-13-15-6-4-9-17(12-15)26-21(25)18-14-24(16-7-2-1-3-8-16)23-20(18)19-10-5-11-27-19/h1-12,14H. The Morgan fingerprint density at radius 2 is 1.93 bits per heavy atom. The summed E-state index contributed by atoms with van der Waals surface area (Å²) in [6.07, 6.45) is 1.67. The van der Waals surface area contributed by atoms with Gasteiger partial charge in [-0.1, -0.05) is 30.3 Å². The molecule has 0 saturated carbocycles. The molecule has 0 N–H and O–H groups in total. The number of hydrogen-bond donors (Lipinski definition) is 0. The lowest BCUT2D eigenvalue weighted by atomic mass is 10.2. The summed E-state index contributed by atoms with van der Waals surface area (Å²) in [7, 11) is 0. The number of ether oxygens (including phenoxy) is 1. The molecule has 0 aliphatic rings. The first-order valence-electron chi connectivity index (χ1n) is 8.16. The molecule has 0 bridgehead atoms. The number of thiophene rings is 1. The number of aromatic nitrogens is 2. The molecule has 2 aromatic heterocycles. The summed E-state index contributed by atoms with van der Waals surface area (Å²) in [5.74, 6) is -0.195. The van der Waals surface area contributed by atoms with Gasteiger partial charge in [0.2, 0.25) is 0 Å². The molecule has 0 spiro atoms. The van der Waals surface area contributed by atoms with Crippen molar-refractivity contribution in [2.45, 2.75) is 0 Å². The lowest BCUT2D eigenvalue weighted by Crippen LogP contribution is -2.09. The van der Waals surface area contributed by atoms with Crippen LogP contribution in [0.5, 0.6) is 5.75 Å². The van der Waals surface area contributed by atoms with Crippen LogP contribution in [-0.4, -0.2) is 15.7 Å². The highest BCUT2D eigenvalue weighted by atomic mass is 32.1. The van der Waals surface area contributed by atoms with E-state index in [1.165, 1.54) is 17.4 Å². The van der Waals surface area contributed by atoms with Gasteiger partial charge in [-0.25, -0.2) is 9.48 Å². The normalized spacial score (nSPS) is 10.3. The van der Waals surface area contributed by atoms with Crippen molar-refractivity contribution in [1.29, 1.82) is 5.26 Å². The van der Waals surface area contributed by atoms with E-state index in [1.807, 2.05) is 53.9 Å². The Kier molecular flexibility index (Phi) is 4.52. The van der Waals surface area contributed by atoms with Gasteiger partial charge in [-0.3, -0.25) is 0 Å². The third-order valence-corrected chi connectivity index (χ3v) is 4.76. The van der Waals surface area contributed by atoms with Crippen LogP contribution in [0.3, 0.4) is 0 Å². The van der Waals surface area contributed by atoms with Crippen LogP contribution in [0.15, 0.2) is 78.3 Å². The molecular weight excluding hydrogens is 358 g/mol. The summed E-state index contributed by atoms with van der Waals surface area (Å²) in [4.78, 5) is 13.7. The van der Waals surface area contributed by atoms with E-state index < -0.39 is 5.97 Å². The molecule has 4 rings (SSSR count). The monoisotopic (exact) mass is 371 g/mol. The first-order valence-corrected chi connectivity index (χ1v) is 9.04. The largest absolute Gasteiger partial charge is 0.423 e. The number of esters is 1. The van der Waals surface area contributed by atoms with Crippen LogP contribution in [-0.2, 0) is 0 Å². The van der Waals surface area contributed by atoms with E-state index in [9.17, 15) is 4.79 Å². The summed E-state index contributed by atoms with van der Waals surface area (Å²) in [5.41, 5.74) is 2.21. The molecule has 0 saturated heterocycles. The molecule has 27 heavy (non-hydrogen) atoms. The van der Waals surface area contributed by atoms with Crippen molar-refractivity contribution in [2.24, 2.45) is 0 Å². The first kappa shape index (κ1) is 16.8. The van der Waals surface area contributed by atoms with E-state index in [1.54, 1.807) is 29.1 Å². The Balaban J connectivity index is 1.73. The number of benzene rings is 2. The number of rotatable bonds is 4. The minimum absolute atomic E-state index is 0.323. The van der Waals surface area contributed by atoms with Crippen LogP contribution in [0.1, 0.15) is 15.9 Å². The van der Waals surface area contributed by atoms with Gasteiger partial charge in [0.25, 0.3) is 0 Å². The Morgan fingerprint density at radius 3 is 2.67 bits per heavy atom. The predicted molar refractivity (Wildman–Crippen MR) is 103 cm³/mol. The summed E-state index contributed by atoms with van der Waals surface area (Å²) in [5, 5.41) is 15.5. The molecule has 0 aliphatic carbocycles. The van der Waals surface area contributed by atoms with Crippen LogP contribution >= 0.6 is 11.3 Å². The number of hydrogen-bond acceptors (Lipinski definition) is 5. The summed E-state index contributed by atoms with van der Waals surface area (Å²) >= 11 is 1.50. The molecule has 0 atom stereocenters. The van der Waals surface area contributed by atoms with Gasteiger partial charge in [-0.2, -0.15) is 10.4 Å². The van der Waals surface area contributed by atoms with Gasteiger partial charge in [0.05, 0.1) is 22.2 Å². The van der Waals surface area contributed by atoms with Gasteiger partial charge >= 0.3 is 5.97 Å². The molecule has 6 heteroatoms.